The number of nitrogens with zero attached hydrogens (tertiary/aromatic N) is 7. The second-order valence-corrected chi connectivity index (χ2v) is 7.53. The molecule has 1 aliphatic heterocycles. The van der Waals surface area contributed by atoms with Crippen molar-refractivity contribution in [2.24, 2.45) is 0 Å². The fraction of sp³-hybridized carbons (Fsp3) is 0.278. The van der Waals surface area contributed by atoms with Crippen molar-refractivity contribution >= 4 is 27.4 Å². The molecule has 5 rings (SSSR count). The van der Waals surface area contributed by atoms with Crippen LogP contribution in [0.15, 0.2) is 47.9 Å². The van der Waals surface area contributed by atoms with Gasteiger partial charge in [0, 0.05) is 43.3 Å². The van der Waals surface area contributed by atoms with Gasteiger partial charge in [-0.2, -0.15) is 5.10 Å². The number of hydrogen-bond acceptors (Lipinski definition) is 7. The number of hydrogen-bond donors (Lipinski definition) is 2. The number of aromatic amines is 1. The average Bonchev–Trinajstić information content (AvgIpc) is 3.38. The lowest BCUT2D eigenvalue weighted by molar-refractivity contribution is 0.389. The highest BCUT2D eigenvalue weighted by atomic mass is 79.9. The van der Waals surface area contributed by atoms with Gasteiger partial charge in [0.1, 0.15) is 16.1 Å². The molecule has 0 amide bonds. The number of nitrogens with one attached hydrogen (secondary N) is 2. The number of H-pyrrole nitrogens is 1. The van der Waals surface area contributed by atoms with Crippen molar-refractivity contribution in [2.45, 2.75) is 19.0 Å². The van der Waals surface area contributed by atoms with Gasteiger partial charge >= 0.3 is 0 Å². The molecule has 2 atom stereocenters. The summed E-state index contributed by atoms with van der Waals surface area (Å²) in [7, 11) is 0. The molecule has 5 heterocycles. The lowest BCUT2D eigenvalue weighted by atomic mass is 10.00. The van der Waals surface area contributed by atoms with Crippen molar-refractivity contribution < 1.29 is 0 Å². The molecule has 2 N–H and O–H groups in total. The number of fused-ring (bicyclic) bond motifs is 1. The van der Waals surface area contributed by atoms with E-state index in [4.69, 9.17) is 4.98 Å². The van der Waals surface area contributed by atoms with Gasteiger partial charge in [-0.15, -0.1) is 0 Å². The number of imidazole rings is 1. The lowest BCUT2D eigenvalue weighted by Gasteiger charge is -2.40. The summed E-state index contributed by atoms with van der Waals surface area (Å²) in [4.78, 5) is 20.3. The van der Waals surface area contributed by atoms with Gasteiger partial charge in [0.05, 0.1) is 24.6 Å². The minimum Gasteiger partial charge on any atom is -0.351 e. The molecule has 0 radical (unpaired) electrons. The zero-order chi connectivity index (χ0) is 19.1. The molecule has 0 spiro atoms. The predicted octanol–water partition coefficient (Wildman–Crippen LogP) is 2.21. The third-order valence-electron chi connectivity index (χ3n) is 5.10. The van der Waals surface area contributed by atoms with E-state index in [2.05, 4.69) is 58.2 Å². The maximum absolute atomic E-state index is 4.85. The molecule has 1 fully saturated rings. The number of piperazine rings is 1. The quantitative estimate of drug-likeness (QED) is 0.504. The van der Waals surface area contributed by atoms with Gasteiger partial charge < -0.3 is 10.2 Å². The van der Waals surface area contributed by atoms with Gasteiger partial charge in [0.25, 0.3) is 0 Å². The van der Waals surface area contributed by atoms with E-state index in [1.165, 1.54) is 0 Å². The maximum atomic E-state index is 4.85. The fourth-order valence-corrected chi connectivity index (χ4v) is 4.02. The molecular formula is C18H18BrN9. The standard InChI is InChI=1S/C18H18BrN9/c1-11-17(12-6-24-25-7-12)20-4-5-27(11)15-2-3-21-18(26-15)13-8-23-16-9-22-14(19)10-28(13)16/h2-3,6-11,17,20H,4-5H2,1H3,(H,24,25)/t11-,17-/m0/s1. The number of rotatable bonds is 3. The first-order chi connectivity index (χ1) is 13.7. The fourth-order valence-electron chi connectivity index (χ4n) is 3.71. The SMILES string of the molecule is C[C@H]1[C@@H](c2cn[nH]c2)NCCN1c1ccnc(-c2cnc3cnc(Br)cn23)n1. The molecule has 9 nitrogen and oxygen atoms in total. The Morgan fingerprint density at radius 1 is 1.18 bits per heavy atom. The second kappa shape index (κ2) is 6.95. The van der Waals surface area contributed by atoms with E-state index in [0.717, 1.165) is 40.4 Å². The van der Waals surface area contributed by atoms with Crippen LogP contribution in [0.3, 0.4) is 0 Å². The molecule has 28 heavy (non-hydrogen) atoms. The van der Waals surface area contributed by atoms with Crippen LogP contribution < -0.4 is 10.2 Å². The van der Waals surface area contributed by atoms with Crippen LogP contribution in [0.5, 0.6) is 0 Å². The zero-order valence-electron chi connectivity index (χ0n) is 15.1. The molecule has 1 saturated heterocycles. The van der Waals surface area contributed by atoms with Gasteiger partial charge in [-0.1, -0.05) is 0 Å². The van der Waals surface area contributed by atoms with Crippen LogP contribution in [0.25, 0.3) is 17.2 Å². The molecule has 0 unspecified atom stereocenters. The summed E-state index contributed by atoms with van der Waals surface area (Å²) in [5.74, 6) is 1.53. The summed E-state index contributed by atoms with van der Waals surface area (Å²) in [6.07, 6.45) is 11.0. The minimum atomic E-state index is 0.184. The molecule has 4 aromatic rings. The third kappa shape index (κ3) is 2.94. The van der Waals surface area contributed by atoms with Crippen molar-refractivity contribution in [1.82, 2.24) is 39.9 Å². The Kier molecular flexibility index (Phi) is 4.29. The molecule has 0 saturated carbocycles. The Bertz CT molecular complexity index is 1110. The van der Waals surface area contributed by atoms with E-state index in [1.54, 1.807) is 18.6 Å². The highest BCUT2D eigenvalue weighted by molar-refractivity contribution is 9.10. The summed E-state index contributed by atoms with van der Waals surface area (Å²) >= 11 is 3.41. The number of halogens is 1. The topological polar surface area (TPSA) is 99.9 Å². The maximum Gasteiger partial charge on any atom is 0.180 e. The molecule has 0 aromatic carbocycles. The molecule has 142 valence electrons. The predicted molar refractivity (Wildman–Crippen MR) is 108 cm³/mol. The van der Waals surface area contributed by atoms with Crippen LogP contribution in [0.2, 0.25) is 0 Å². The molecular weight excluding hydrogens is 422 g/mol. The molecule has 1 aliphatic rings. The van der Waals surface area contributed by atoms with Gasteiger partial charge in [-0.25, -0.2) is 19.9 Å². The summed E-state index contributed by atoms with van der Waals surface area (Å²) in [6.45, 7) is 3.94. The zero-order valence-corrected chi connectivity index (χ0v) is 16.7. The molecule has 0 bridgehead atoms. The molecule has 10 heteroatoms. The van der Waals surface area contributed by atoms with Crippen LogP contribution in [0.1, 0.15) is 18.5 Å². The van der Waals surface area contributed by atoms with Crippen molar-refractivity contribution in [1.29, 1.82) is 0 Å². The van der Waals surface area contributed by atoms with Crippen LogP contribution in [0.4, 0.5) is 5.82 Å². The molecule has 4 aromatic heterocycles. The first-order valence-electron chi connectivity index (χ1n) is 9.01. The van der Waals surface area contributed by atoms with Crippen molar-refractivity contribution in [3.63, 3.8) is 0 Å². The highest BCUT2D eigenvalue weighted by Gasteiger charge is 2.30. The van der Waals surface area contributed by atoms with Crippen LogP contribution in [0, 0.1) is 0 Å². The lowest BCUT2D eigenvalue weighted by Crippen LogP contribution is -2.52. The van der Waals surface area contributed by atoms with Crippen molar-refractivity contribution in [2.75, 3.05) is 18.0 Å². The number of anilines is 1. The summed E-state index contributed by atoms with van der Waals surface area (Å²) in [6, 6.07) is 2.36. The number of aromatic nitrogens is 7. The van der Waals surface area contributed by atoms with Gasteiger partial charge in [0.2, 0.25) is 0 Å². The smallest absolute Gasteiger partial charge is 0.180 e. The van der Waals surface area contributed by atoms with E-state index in [9.17, 15) is 0 Å². The highest BCUT2D eigenvalue weighted by Crippen LogP contribution is 2.28. The normalized spacial score (nSPS) is 20.0. The molecule has 0 aliphatic carbocycles. The van der Waals surface area contributed by atoms with E-state index in [-0.39, 0.29) is 12.1 Å². The van der Waals surface area contributed by atoms with E-state index >= 15 is 0 Å². The van der Waals surface area contributed by atoms with E-state index < -0.39 is 0 Å². The monoisotopic (exact) mass is 439 g/mol. The summed E-state index contributed by atoms with van der Waals surface area (Å²) in [5, 5.41) is 10.6. The largest absolute Gasteiger partial charge is 0.351 e. The van der Waals surface area contributed by atoms with Gasteiger partial charge in [-0.3, -0.25) is 9.50 Å². The van der Waals surface area contributed by atoms with Gasteiger partial charge in [0.15, 0.2) is 11.5 Å². The third-order valence-corrected chi connectivity index (χ3v) is 5.51. The Labute approximate surface area is 169 Å². The summed E-state index contributed by atoms with van der Waals surface area (Å²) in [5.41, 5.74) is 2.72. The van der Waals surface area contributed by atoms with Crippen LogP contribution in [-0.2, 0) is 0 Å². The summed E-state index contributed by atoms with van der Waals surface area (Å²) < 4.78 is 2.67. The first kappa shape index (κ1) is 17.3. The first-order valence-corrected chi connectivity index (χ1v) is 9.81. The van der Waals surface area contributed by atoms with Crippen LogP contribution in [-0.4, -0.2) is 53.7 Å². The van der Waals surface area contributed by atoms with E-state index in [1.807, 2.05) is 29.1 Å². The van der Waals surface area contributed by atoms with E-state index in [0.29, 0.717) is 5.82 Å². The average molecular weight is 440 g/mol. The Morgan fingerprint density at radius 3 is 2.96 bits per heavy atom. The van der Waals surface area contributed by atoms with Crippen molar-refractivity contribution in [3.05, 3.63) is 53.4 Å². The Morgan fingerprint density at radius 2 is 2.11 bits per heavy atom. The second-order valence-electron chi connectivity index (χ2n) is 6.72. The van der Waals surface area contributed by atoms with Crippen molar-refractivity contribution in [3.8, 4) is 11.5 Å². The van der Waals surface area contributed by atoms with Gasteiger partial charge in [-0.05, 0) is 28.9 Å². The Balaban J connectivity index is 1.51. The van der Waals surface area contributed by atoms with Crippen LogP contribution >= 0.6 is 15.9 Å². The minimum absolute atomic E-state index is 0.184. The Hall–Kier alpha value is -2.85.